The van der Waals surface area contributed by atoms with Gasteiger partial charge in [0, 0.05) is 11.5 Å². The van der Waals surface area contributed by atoms with Gasteiger partial charge in [0.1, 0.15) is 5.75 Å². The summed E-state index contributed by atoms with van der Waals surface area (Å²) in [5, 5.41) is 11.8. The zero-order valence-electron chi connectivity index (χ0n) is 12.7. The Balaban J connectivity index is 1.90. The Kier molecular flexibility index (Phi) is 4.68. The Bertz CT molecular complexity index is 713. The fourth-order valence-electron chi connectivity index (χ4n) is 2.93. The molecule has 1 aromatic carbocycles. The molecule has 22 heavy (non-hydrogen) atoms. The van der Waals surface area contributed by atoms with Crippen molar-refractivity contribution < 1.29 is 4.74 Å². The highest BCUT2D eigenvalue weighted by Crippen LogP contribution is 2.31. The number of para-hydroxylation sites is 1. The third-order valence-corrected chi connectivity index (χ3v) is 4.36. The first-order chi connectivity index (χ1) is 10.8. The molecule has 6 heteroatoms. The van der Waals surface area contributed by atoms with Gasteiger partial charge < -0.3 is 4.74 Å². The summed E-state index contributed by atoms with van der Waals surface area (Å²) in [5.74, 6) is 2.17. The second-order valence-corrected chi connectivity index (χ2v) is 5.91. The van der Waals surface area contributed by atoms with E-state index in [1.807, 2.05) is 24.3 Å². The number of aromatic amines is 1. The van der Waals surface area contributed by atoms with E-state index >= 15 is 0 Å². The van der Waals surface area contributed by atoms with E-state index in [4.69, 9.17) is 17.0 Å². The summed E-state index contributed by atoms with van der Waals surface area (Å²) < 4.78 is 7.62. The molecule has 0 aliphatic heterocycles. The third kappa shape index (κ3) is 3.11. The molecule has 116 valence electrons. The van der Waals surface area contributed by atoms with Crippen LogP contribution in [0.4, 0.5) is 0 Å². The van der Waals surface area contributed by atoms with Crippen molar-refractivity contribution in [1.29, 1.82) is 0 Å². The van der Waals surface area contributed by atoms with Crippen LogP contribution in [-0.4, -0.2) is 28.2 Å². The minimum atomic E-state index is 0.441. The van der Waals surface area contributed by atoms with Gasteiger partial charge in [-0.05, 0) is 37.2 Å². The van der Waals surface area contributed by atoms with Crippen LogP contribution in [0.1, 0.15) is 49.4 Å². The smallest absolute Gasteiger partial charge is 0.216 e. The van der Waals surface area contributed by atoms with Crippen molar-refractivity contribution in [3.8, 4) is 5.75 Å². The van der Waals surface area contributed by atoms with Crippen molar-refractivity contribution in [3.05, 3.63) is 40.4 Å². The maximum atomic E-state index is 5.34. The molecule has 5 nitrogen and oxygen atoms in total. The van der Waals surface area contributed by atoms with Gasteiger partial charge in [0.25, 0.3) is 0 Å². The van der Waals surface area contributed by atoms with Gasteiger partial charge in [-0.15, -0.1) is 0 Å². The molecule has 2 aromatic rings. The molecule has 1 N–H and O–H groups in total. The highest BCUT2D eigenvalue weighted by molar-refractivity contribution is 7.71. The van der Waals surface area contributed by atoms with E-state index < -0.39 is 0 Å². The molecule has 1 heterocycles. The molecule has 0 amide bonds. The van der Waals surface area contributed by atoms with Crippen molar-refractivity contribution in [2.24, 2.45) is 5.10 Å². The number of aromatic nitrogens is 3. The van der Waals surface area contributed by atoms with Crippen LogP contribution in [0.25, 0.3) is 0 Å². The molecule has 1 fully saturated rings. The van der Waals surface area contributed by atoms with Crippen molar-refractivity contribution >= 4 is 18.4 Å². The van der Waals surface area contributed by atoms with Crippen LogP contribution in [0.2, 0.25) is 0 Å². The van der Waals surface area contributed by atoms with Gasteiger partial charge in [-0.2, -0.15) is 14.9 Å². The average Bonchev–Trinajstić information content (AvgIpc) is 2.95. The van der Waals surface area contributed by atoms with Gasteiger partial charge in [-0.1, -0.05) is 31.4 Å². The van der Waals surface area contributed by atoms with Gasteiger partial charge in [0.2, 0.25) is 4.77 Å². The predicted molar refractivity (Wildman–Crippen MR) is 89.2 cm³/mol. The number of hydrogen-bond donors (Lipinski definition) is 1. The normalized spacial score (nSPS) is 16.2. The minimum Gasteiger partial charge on any atom is -0.496 e. The summed E-state index contributed by atoms with van der Waals surface area (Å²) in [6, 6.07) is 7.78. The van der Waals surface area contributed by atoms with Crippen LogP contribution in [0.3, 0.4) is 0 Å². The fraction of sp³-hybridized carbons (Fsp3) is 0.438. The summed E-state index contributed by atoms with van der Waals surface area (Å²) in [7, 11) is 1.66. The van der Waals surface area contributed by atoms with Crippen LogP contribution in [-0.2, 0) is 0 Å². The molecule has 1 saturated carbocycles. The maximum absolute atomic E-state index is 5.34. The van der Waals surface area contributed by atoms with Crippen LogP contribution in [0, 0.1) is 4.77 Å². The molecule has 1 aliphatic rings. The summed E-state index contributed by atoms with van der Waals surface area (Å²) in [6.07, 6.45) is 7.90. The van der Waals surface area contributed by atoms with E-state index in [-0.39, 0.29) is 0 Å². The zero-order valence-corrected chi connectivity index (χ0v) is 13.5. The Morgan fingerprint density at radius 1 is 1.32 bits per heavy atom. The number of benzene rings is 1. The molecule has 0 bridgehead atoms. The summed E-state index contributed by atoms with van der Waals surface area (Å²) in [6.45, 7) is 0. The second-order valence-electron chi connectivity index (χ2n) is 5.52. The van der Waals surface area contributed by atoms with Gasteiger partial charge in [-0.3, -0.25) is 5.10 Å². The summed E-state index contributed by atoms with van der Waals surface area (Å²) >= 11 is 5.32. The average molecular weight is 316 g/mol. The lowest BCUT2D eigenvalue weighted by Crippen LogP contribution is -2.10. The minimum absolute atomic E-state index is 0.441. The Morgan fingerprint density at radius 3 is 2.86 bits per heavy atom. The van der Waals surface area contributed by atoms with E-state index in [1.54, 1.807) is 18.0 Å². The molecule has 1 aromatic heterocycles. The highest BCUT2D eigenvalue weighted by Gasteiger charge is 2.21. The lowest BCUT2D eigenvalue weighted by molar-refractivity contribution is 0.414. The fourth-order valence-corrected chi connectivity index (χ4v) is 3.12. The molecule has 1 aliphatic carbocycles. The van der Waals surface area contributed by atoms with E-state index in [0.29, 0.717) is 10.7 Å². The van der Waals surface area contributed by atoms with Gasteiger partial charge in [0.15, 0.2) is 5.82 Å². The number of H-pyrrole nitrogens is 1. The molecule has 0 saturated heterocycles. The first kappa shape index (κ1) is 15.0. The number of methoxy groups -OCH3 is 1. The molecular formula is C16H20N4OS. The molecule has 0 spiro atoms. The lowest BCUT2D eigenvalue weighted by Gasteiger charge is -2.19. The molecule has 0 unspecified atom stereocenters. The van der Waals surface area contributed by atoms with E-state index in [0.717, 1.165) is 30.0 Å². The monoisotopic (exact) mass is 316 g/mol. The Hall–Kier alpha value is -1.95. The Labute approximate surface area is 135 Å². The van der Waals surface area contributed by atoms with Crippen LogP contribution in [0.15, 0.2) is 29.4 Å². The van der Waals surface area contributed by atoms with Gasteiger partial charge in [-0.25, -0.2) is 0 Å². The molecule has 0 atom stereocenters. The zero-order chi connectivity index (χ0) is 15.4. The van der Waals surface area contributed by atoms with Crippen molar-refractivity contribution in [1.82, 2.24) is 14.9 Å². The largest absolute Gasteiger partial charge is 0.496 e. The predicted octanol–water partition coefficient (Wildman–Crippen LogP) is 3.88. The highest BCUT2D eigenvalue weighted by atomic mass is 32.1. The maximum Gasteiger partial charge on any atom is 0.216 e. The third-order valence-electron chi connectivity index (χ3n) is 4.10. The van der Waals surface area contributed by atoms with Crippen LogP contribution >= 0.6 is 12.2 Å². The van der Waals surface area contributed by atoms with Crippen molar-refractivity contribution in [2.75, 3.05) is 7.11 Å². The van der Waals surface area contributed by atoms with Crippen molar-refractivity contribution in [3.63, 3.8) is 0 Å². The summed E-state index contributed by atoms with van der Waals surface area (Å²) in [5.41, 5.74) is 0.919. The molecule has 3 rings (SSSR count). The Morgan fingerprint density at radius 2 is 2.09 bits per heavy atom. The SMILES string of the molecule is COc1ccccc1/C=N\n1c(C2CCCCC2)n[nH]c1=S. The molecular weight excluding hydrogens is 296 g/mol. The van der Waals surface area contributed by atoms with E-state index in [2.05, 4.69) is 15.3 Å². The topological polar surface area (TPSA) is 55.2 Å². The number of rotatable bonds is 4. The van der Waals surface area contributed by atoms with Gasteiger partial charge in [0.05, 0.1) is 13.3 Å². The first-order valence-corrected chi connectivity index (χ1v) is 8.05. The van der Waals surface area contributed by atoms with E-state index in [9.17, 15) is 0 Å². The number of ether oxygens (including phenoxy) is 1. The number of nitrogens with zero attached hydrogens (tertiary/aromatic N) is 3. The first-order valence-electron chi connectivity index (χ1n) is 7.64. The lowest BCUT2D eigenvalue weighted by atomic mass is 9.89. The second kappa shape index (κ2) is 6.87. The number of hydrogen-bond acceptors (Lipinski definition) is 4. The quantitative estimate of drug-likeness (QED) is 0.688. The summed E-state index contributed by atoms with van der Waals surface area (Å²) in [4.78, 5) is 0. The van der Waals surface area contributed by atoms with Gasteiger partial charge >= 0.3 is 0 Å². The molecule has 0 radical (unpaired) electrons. The number of nitrogens with one attached hydrogen (secondary N) is 1. The van der Waals surface area contributed by atoms with Crippen molar-refractivity contribution in [2.45, 2.75) is 38.0 Å². The van der Waals surface area contributed by atoms with Crippen LogP contribution < -0.4 is 4.74 Å². The standard InChI is InChI=1S/C16H20N4OS/c1-21-14-10-6-5-9-13(14)11-17-20-15(18-19-16(20)22)12-7-3-2-4-8-12/h5-6,9-12H,2-4,7-8H2,1H3,(H,19,22)/b17-11-. The van der Waals surface area contributed by atoms with Crippen LogP contribution in [0.5, 0.6) is 5.75 Å². The van der Waals surface area contributed by atoms with E-state index in [1.165, 1.54) is 19.3 Å².